The maximum Gasteiger partial charge on any atom is 0.408 e. The van der Waals surface area contributed by atoms with E-state index < -0.39 is 47.0 Å². The smallest absolute Gasteiger partial charge is 0.408 e. The molecule has 2 unspecified atom stereocenters. The van der Waals surface area contributed by atoms with Gasteiger partial charge in [-0.3, -0.25) is 14.4 Å². The topological polar surface area (TPSA) is 131 Å². The number of nitrogens with one attached hydrogen (secondary N) is 2. The van der Waals surface area contributed by atoms with Crippen molar-refractivity contribution in [2.24, 2.45) is 5.73 Å². The maximum atomic E-state index is 14.5. The molecular weight excluding hydrogens is 520 g/mol. The van der Waals surface area contributed by atoms with Gasteiger partial charge in [-0.2, -0.15) is 0 Å². The maximum absolute atomic E-state index is 14.5. The van der Waals surface area contributed by atoms with Crippen LogP contribution >= 0.6 is 0 Å². The monoisotopic (exact) mass is 566 g/mol. The molecule has 0 bridgehead atoms. The van der Waals surface area contributed by atoms with Gasteiger partial charge in [0.1, 0.15) is 17.7 Å². The summed E-state index contributed by atoms with van der Waals surface area (Å²) in [6.45, 7) is 16.6. The molecule has 0 aromatic heterocycles. The second kappa shape index (κ2) is 13.7. The first kappa shape index (κ1) is 33.3. The van der Waals surface area contributed by atoms with E-state index in [-0.39, 0.29) is 12.8 Å². The SMILES string of the molecule is CCC(C)(C)N(C(=O)C(CCC(N)=O)NC(=O)OC(C)(C)C)C(C(=O)Nc1ccccc1C)c1cccc(C)c1C. The largest absolute Gasteiger partial charge is 0.444 e. The van der Waals surface area contributed by atoms with E-state index in [2.05, 4.69) is 10.6 Å². The second-order valence-corrected chi connectivity index (χ2v) is 12.1. The summed E-state index contributed by atoms with van der Waals surface area (Å²) in [6.07, 6.45) is -0.492. The van der Waals surface area contributed by atoms with Crippen LogP contribution in [-0.2, 0) is 19.1 Å². The molecule has 2 aromatic rings. The number of amides is 4. The molecule has 9 heteroatoms. The minimum absolute atomic E-state index is 0.0529. The molecule has 0 aliphatic carbocycles. The lowest BCUT2D eigenvalue weighted by atomic mass is 9.89. The summed E-state index contributed by atoms with van der Waals surface area (Å²) in [4.78, 5) is 54.8. The highest BCUT2D eigenvalue weighted by molar-refractivity contribution is 6.00. The van der Waals surface area contributed by atoms with Crippen molar-refractivity contribution in [3.63, 3.8) is 0 Å². The average molecular weight is 567 g/mol. The molecule has 41 heavy (non-hydrogen) atoms. The lowest BCUT2D eigenvalue weighted by Crippen LogP contribution is -2.59. The quantitative estimate of drug-likeness (QED) is 0.332. The van der Waals surface area contributed by atoms with Crippen molar-refractivity contribution in [2.75, 3.05) is 5.32 Å². The van der Waals surface area contributed by atoms with Crippen LogP contribution in [0.1, 0.15) is 89.1 Å². The van der Waals surface area contributed by atoms with Crippen LogP contribution in [0.3, 0.4) is 0 Å². The van der Waals surface area contributed by atoms with Crippen molar-refractivity contribution in [2.45, 2.75) is 105 Å². The average Bonchev–Trinajstić information content (AvgIpc) is 2.86. The summed E-state index contributed by atoms with van der Waals surface area (Å²) in [7, 11) is 0. The summed E-state index contributed by atoms with van der Waals surface area (Å²) in [5.41, 5.74) is 7.79. The number of hydrogen-bond acceptors (Lipinski definition) is 5. The van der Waals surface area contributed by atoms with Gasteiger partial charge in [0, 0.05) is 17.6 Å². The third kappa shape index (κ3) is 9.06. The predicted octanol–water partition coefficient (Wildman–Crippen LogP) is 5.47. The summed E-state index contributed by atoms with van der Waals surface area (Å²) in [5.74, 6) is -1.53. The third-order valence-corrected chi connectivity index (χ3v) is 7.27. The molecule has 0 spiro atoms. The highest BCUT2D eigenvalue weighted by Crippen LogP contribution is 2.35. The van der Waals surface area contributed by atoms with Crippen molar-refractivity contribution >= 4 is 29.5 Å². The number of hydrogen-bond donors (Lipinski definition) is 3. The lowest BCUT2D eigenvalue weighted by Gasteiger charge is -2.45. The van der Waals surface area contributed by atoms with Crippen molar-refractivity contribution in [1.82, 2.24) is 10.2 Å². The summed E-state index contributed by atoms with van der Waals surface area (Å²) < 4.78 is 5.42. The minimum Gasteiger partial charge on any atom is -0.444 e. The molecule has 4 N–H and O–H groups in total. The first-order valence-electron chi connectivity index (χ1n) is 14.0. The Kier molecular flexibility index (Phi) is 11.1. The fraction of sp³-hybridized carbons (Fsp3) is 0.500. The molecule has 0 saturated carbocycles. The Morgan fingerprint density at radius 1 is 0.927 bits per heavy atom. The zero-order valence-corrected chi connectivity index (χ0v) is 25.9. The molecular formula is C32H46N4O5. The van der Waals surface area contributed by atoms with Gasteiger partial charge < -0.3 is 26.0 Å². The predicted molar refractivity (Wildman–Crippen MR) is 161 cm³/mol. The Labute approximate surface area is 244 Å². The van der Waals surface area contributed by atoms with Gasteiger partial charge in [-0.25, -0.2) is 4.79 Å². The minimum atomic E-state index is -1.16. The van der Waals surface area contributed by atoms with E-state index in [1.165, 1.54) is 4.90 Å². The van der Waals surface area contributed by atoms with Gasteiger partial charge in [-0.15, -0.1) is 0 Å². The highest BCUT2D eigenvalue weighted by atomic mass is 16.6. The first-order valence-corrected chi connectivity index (χ1v) is 14.0. The molecule has 0 fully saturated rings. The molecule has 4 amide bonds. The highest BCUT2D eigenvalue weighted by Gasteiger charge is 2.43. The fourth-order valence-electron chi connectivity index (χ4n) is 4.49. The van der Waals surface area contributed by atoms with Crippen LogP contribution in [0, 0.1) is 20.8 Å². The number of benzene rings is 2. The van der Waals surface area contributed by atoms with E-state index >= 15 is 0 Å². The van der Waals surface area contributed by atoms with Crippen LogP contribution in [0.4, 0.5) is 10.5 Å². The number of rotatable bonds is 11. The zero-order chi connectivity index (χ0) is 31.1. The van der Waals surface area contributed by atoms with Crippen molar-refractivity contribution in [1.29, 1.82) is 0 Å². The van der Waals surface area contributed by atoms with Crippen LogP contribution in [0.25, 0.3) is 0 Å². The van der Waals surface area contributed by atoms with E-state index in [9.17, 15) is 19.2 Å². The van der Waals surface area contributed by atoms with Gasteiger partial charge in [0.25, 0.3) is 5.91 Å². The summed E-state index contributed by atoms with van der Waals surface area (Å²) >= 11 is 0. The number of para-hydroxylation sites is 1. The lowest BCUT2D eigenvalue weighted by molar-refractivity contribution is -0.148. The van der Waals surface area contributed by atoms with Crippen molar-refractivity contribution < 1.29 is 23.9 Å². The molecule has 0 saturated heterocycles. The van der Waals surface area contributed by atoms with E-state index in [0.717, 1.165) is 16.7 Å². The van der Waals surface area contributed by atoms with E-state index in [1.54, 1.807) is 20.8 Å². The zero-order valence-electron chi connectivity index (χ0n) is 25.9. The van der Waals surface area contributed by atoms with E-state index in [4.69, 9.17) is 10.5 Å². The van der Waals surface area contributed by atoms with Crippen molar-refractivity contribution in [3.05, 3.63) is 64.7 Å². The number of nitrogens with zero attached hydrogens (tertiary/aromatic N) is 1. The van der Waals surface area contributed by atoms with Crippen molar-refractivity contribution in [3.8, 4) is 0 Å². The Morgan fingerprint density at radius 3 is 2.10 bits per heavy atom. The molecule has 0 aliphatic heterocycles. The second-order valence-electron chi connectivity index (χ2n) is 12.1. The van der Waals surface area contributed by atoms with Crippen LogP contribution in [0.5, 0.6) is 0 Å². The number of ether oxygens (including phenoxy) is 1. The van der Waals surface area contributed by atoms with Gasteiger partial charge in [-0.05, 0) is 96.6 Å². The molecule has 0 aliphatic rings. The Bertz CT molecular complexity index is 1260. The number of anilines is 1. The van der Waals surface area contributed by atoms with Gasteiger partial charge >= 0.3 is 6.09 Å². The van der Waals surface area contributed by atoms with E-state index in [0.29, 0.717) is 17.7 Å². The Balaban J connectivity index is 2.72. The fourth-order valence-corrected chi connectivity index (χ4v) is 4.49. The van der Waals surface area contributed by atoms with Gasteiger partial charge in [0.2, 0.25) is 11.8 Å². The number of nitrogens with two attached hydrogens (primary N) is 1. The first-order chi connectivity index (χ1) is 19.0. The molecule has 2 aromatic carbocycles. The van der Waals surface area contributed by atoms with Gasteiger partial charge in [0.15, 0.2) is 0 Å². The Morgan fingerprint density at radius 2 is 1.54 bits per heavy atom. The number of primary amides is 1. The van der Waals surface area contributed by atoms with Crippen LogP contribution in [-0.4, -0.2) is 45.9 Å². The third-order valence-electron chi connectivity index (χ3n) is 7.27. The standard InChI is InChI=1S/C32H46N4O5/c1-10-32(8,9)36(29(39)25(18-19-26(33)37)35-30(40)41-31(5,6)7)27(23-16-13-15-20(2)22(23)4)28(38)34-24-17-12-11-14-21(24)3/h11-17,25,27H,10,18-19H2,1-9H3,(H2,33,37)(H,34,38)(H,35,40). The molecule has 0 radical (unpaired) electrons. The molecule has 0 heterocycles. The molecule has 9 nitrogen and oxygen atoms in total. The summed E-state index contributed by atoms with van der Waals surface area (Å²) in [6, 6.07) is 10.9. The number of carbonyl (C=O) groups excluding carboxylic acids is 4. The van der Waals surface area contributed by atoms with Crippen LogP contribution in [0.15, 0.2) is 42.5 Å². The number of aryl methyl sites for hydroxylation is 2. The summed E-state index contributed by atoms with van der Waals surface area (Å²) in [5, 5.41) is 5.67. The molecule has 2 atom stereocenters. The van der Waals surface area contributed by atoms with Gasteiger partial charge in [0.05, 0.1) is 0 Å². The van der Waals surface area contributed by atoms with Crippen LogP contribution in [0.2, 0.25) is 0 Å². The van der Waals surface area contributed by atoms with Gasteiger partial charge in [-0.1, -0.05) is 43.3 Å². The van der Waals surface area contributed by atoms with Crippen LogP contribution < -0.4 is 16.4 Å². The normalized spacial score (nSPS) is 13.1. The molecule has 224 valence electrons. The van der Waals surface area contributed by atoms with E-state index in [1.807, 2.05) is 84.0 Å². The Hall–Kier alpha value is -3.88. The molecule has 2 rings (SSSR count). The number of carbonyl (C=O) groups is 4. The number of alkyl carbamates (subject to hydrolysis) is 1.